The maximum atomic E-state index is 5.55. The third-order valence-corrected chi connectivity index (χ3v) is 3.11. The molecular weight excluding hydrogens is 303 g/mol. The van der Waals surface area contributed by atoms with Crippen LogP contribution in [0.15, 0.2) is 36.1 Å². The van der Waals surface area contributed by atoms with Gasteiger partial charge in [-0.3, -0.25) is 5.84 Å². The van der Waals surface area contributed by atoms with Crippen LogP contribution in [0.4, 0.5) is 0 Å². The van der Waals surface area contributed by atoms with Gasteiger partial charge in [-0.05, 0) is 46.4 Å². The number of nitrogens with two attached hydrogens (primary N) is 1. The molecule has 1 aliphatic rings. The van der Waals surface area contributed by atoms with E-state index in [1.807, 2.05) is 0 Å². The van der Waals surface area contributed by atoms with Crippen LogP contribution >= 0.6 is 22.6 Å². The molecule has 80 valence electrons. The first kappa shape index (κ1) is 10.9. The van der Waals surface area contributed by atoms with Gasteiger partial charge in [0, 0.05) is 9.99 Å². The van der Waals surface area contributed by atoms with Gasteiger partial charge in [0.25, 0.3) is 0 Å². The second-order valence-corrected chi connectivity index (χ2v) is 4.64. The summed E-state index contributed by atoms with van der Waals surface area (Å²) in [5.74, 6) is 6.48. The maximum Gasteiger partial charge on any atom is 0.115 e. The maximum absolute atomic E-state index is 5.55. The van der Waals surface area contributed by atoms with Gasteiger partial charge >= 0.3 is 0 Å². The number of hydrogen-bond donors (Lipinski definition) is 2. The molecule has 1 aromatic carbocycles. The molecule has 0 saturated heterocycles. The fourth-order valence-electron chi connectivity index (χ4n) is 1.64. The molecular formula is C11H13IN2O. The minimum atomic E-state index is -0.0236. The van der Waals surface area contributed by atoms with Crippen LogP contribution in [0.25, 0.3) is 0 Å². The van der Waals surface area contributed by atoms with Crippen LogP contribution in [0.2, 0.25) is 0 Å². The van der Waals surface area contributed by atoms with Crippen LogP contribution in [0.5, 0.6) is 0 Å². The van der Waals surface area contributed by atoms with E-state index in [-0.39, 0.29) is 6.04 Å². The summed E-state index contributed by atoms with van der Waals surface area (Å²) in [4.78, 5) is 0. The van der Waals surface area contributed by atoms with Gasteiger partial charge in [0.2, 0.25) is 0 Å². The summed E-state index contributed by atoms with van der Waals surface area (Å²) in [6.45, 7) is 0.762. The number of ether oxygens (including phenoxy) is 1. The Hall–Kier alpha value is -0.590. The average Bonchev–Trinajstić information content (AvgIpc) is 2.75. The van der Waals surface area contributed by atoms with Gasteiger partial charge in [-0.25, -0.2) is 5.43 Å². The van der Waals surface area contributed by atoms with Crippen molar-refractivity contribution in [3.63, 3.8) is 0 Å². The Morgan fingerprint density at radius 3 is 2.60 bits per heavy atom. The highest BCUT2D eigenvalue weighted by atomic mass is 127. The second kappa shape index (κ2) is 4.96. The summed E-state index contributed by atoms with van der Waals surface area (Å²) in [6.07, 6.45) is 3.06. The van der Waals surface area contributed by atoms with Gasteiger partial charge < -0.3 is 4.74 Å². The molecule has 3 nitrogen and oxygen atoms in total. The van der Waals surface area contributed by atoms with E-state index in [1.165, 1.54) is 3.57 Å². The summed E-state index contributed by atoms with van der Waals surface area (Å²) in [5.41, 5.74) is 3.91. The van der Waals surface area contributed by atoms with Crippen molar-refractivity contribution >= 4 is 22.6 Å². The lowest BCUT2D eigenvalue weighted by molar-refractivity contribution is 0.215. The van der Waals surface area contributed by atoms with Crippen LogP contribution < -0.4 is 11.3 Å². The predicted octanol–water partition coefficient (Wildman–Crippen LogP) is 2.10. The van der Waals surface area contributed by atoms with E-state index >= 15 is 0 Å². The monoisotopic (exact) mass is 316 g/mol. The molecule has 2 rings (SSSR count). The molecule has 0 bridgehead atoms. The van der Waals surface area contributed by atoms with E-state index in [1.54, 1.807) is 0 Å². The SMILES string of the molecule is NNC(C1=CCCO1)c1ccc(I)cc1. The minimum Gasteiger partial charge on any atom is -0.496 e. The molecule has 0 radical (unpaired) electrons. The lowest BCUT2D eigenvalue weighted by Gasteiger charge is -2.17. The third-order valence-electron chi connectivity index (χ3n) is 2.39. The quantitative estimate of drug-likeness (QED) is 0.510. The Kier molecular flexibility index (Phi) is 3.61. The molecule has 4 heteroatoms. The number of rotatable bonds is 3. The second-order valence-electron chi connectivity index (χ2n) is 3.39. The Labute approximate surface area is 103 Å². The number of benzene rings is 1. The summed E-state index contributed by atoms with van der Waals surface area (Å²) in [6, 6.07) is 8.24. The van der Waals surface area contributed by atoms with E-state index in [0.717, 1.165) is 24.4 Å². The Bertz CT molecular complexity index is 361. The summed E-state index contributed by atoms with van der Waals surface area (Å²) >= 11 is 2.28. The standard InChI is InChI=1S/C11H13IN2O/c12-9-5-3-8(4-6-9)11(14-13)10-2-1-7-15-10/h2-6,11,14H,1,7,13H2. The zero-order chi connectivity index (χ0) is 10.7. The third kappa shape index (κ3) is 2.50. The topological polar surface area (TPSA) is 47.3 Å². The first-order valence-electron chi connectivity index (χ1n) is 4.85. The van der Waals surface area contributed by atoms with Gasteiger partial charge in [0.05, 0.1) is 6.61 Å². The molecule has 0 aromatic heterocycles. The average molecular weight is 316 g/mol. The number of halogens is 1. The number of hydrazine groups is 1. The normalized spacial score (nSPS) is 17.1. The fraction of sp³-hybridized carbons (Fsp3) is 0.273. The molecule has 0 spiro atoms. The van der Waals surface area contributed by atoms with Crippen molar-refractivity contribution in [2.45, 2.75) is 12.5 Å². The van der Waals surface area contributed by atoms with Crippen molar-refractivity contribution < 1.29 is 4.74 Å². The lowest BCUT2D eigenvalue weighted by Crippen LogP contribution is -2.29. The Balaban J connectivity index is 2.22. The lowest BCUT2D eigenvalue weighted by atomic mass is 10.1. The number of nitrogens with one attached hydrogen (secondary N) is 1. The van der Waals surface area contributed by atoms with Crippen molar-refractivity contribution in [2.24, 2.45) is 5.84 Å². The van der Waals surface area contributed by atoms with Crippen LogP contribution in [0.1, 0.15) is 18.0 Å². The van der Waals surface area contributed by atoms with Crippen LogP contribution in [-0.2, 0) is 4.74 Å². The van der Waals surface area contributed by atoms with Crippen molar-refractivity contribution in [1.82, 2.24) is 5.43 Å². The summed E-state index contributed by atoms with van der Waals surface area (Å²) in [7, 11) is 0. The smallest absolute Gasteiger partial charge is 0.115 e. The van der Waals surface area contributed by atoms with Crippen LogP contribution in [0, 0.1) is 3.57 Å². The van der Waals surface area contributed by atoms with E-state index in [2.05, 4.69) is 58.4 Å². The zero-order valence-electron chi connectivity index (χ0n) is 8.24. The van der Waals surface area contributed by atoms with Crippen LogP contribution in [-0.4, -0.2) is 6.61 Å². The van der Waals surface area contributed by atoms with Gasteiger partial charge in [-0.2, -0.15) is 0 Å². The molecule has 15 heavy (non-hydrogen) atoms. The summed E-state index contributed by atoms with van der Waals surface area (Å²) in [5, 5.41) is 0. The minimum absolute atomic E-state index is 0.0236. The van der Waals surface area contributed by atoms with Crippen LogP contribution in [0.3, 0.4) is 0 Å². The summed E-state index contributed by atoms with van der Waals surface area (Å²) < 4.78 is 6.72. The van der Waals surface area contributed by atoms with Crippen molar-refractivity contribution in [1.29, 1.82) is 0 Å². The van der Waals surface area contributed by atoms with E-state index in [9.17, 15) is 0 Å². The highest BCUT2D eigenvalue weighted by molar-refractivity contribution is 14.1. The molecule has 3 N–H and O–H groups in total. The predicted molar refractivity (Wildman–Crippen MR) is 67.9 cm³/mol. The molecule has 1 atom stereocenters. The van der Waals surface area contributed by atoms with Crippen molar-refractivity contribution in [3.8, 4) is 0 Å². The molecule has 1 heterocycles. The van der Waals surface area contributed by atoms with Gasteiger partial charge in [-0.1, -0.05) is 12.1 Å². The van der Waals surface area contributed by atoms with Crippen molar-refractivity contribution in [3.05, 3.63) is 45.2 Å². The molecule has 0 fully saturated rings. The Morgan fingerprint density at radius 1 is 1.33 bits per heavy atom. The first-order chi connectivity index (χ1) is 7.31. The highest BCUT2D eigenvalue weighted by Crippen LogP contribution is 2.26. The first-order valence-corrected chi connectivity index (χ1v) is 5.93. The van der Waals surface area contributed by atoms with Gasteiger partial charge in [-0.15, -0.1) is 0 Å². The van der Waals surface area contributed by atoms with Gasteiger partial charge in [0.1, 0.15) is 11.8 Å². The van der Waals surface area contributed by atoms with E-state index in [4.69, 9.17) is 10.6 Å². The highest BCUT2D eigenvalue weighted by Gasteiger charge is 2.18. The van der Waals surface area contributed by atoms with Gasteiger partial charge in [0.15, 0.2) is 0 Å². The molecule has 0 amide bonds. The zero-order valence-corrected chi connectivity index (χ0v) is 10.4. The molecule has 0 aliphatic carbocycles. The van der Waals surface area contributed by atoms with E-state index in [0.29, 0.717) is 0 Å². The van der Waals surface area contributed by atoms with Crippen molar-refractivity contribution in [2.75, 3.05) is 6.61 Å². The molecule has 1 unspecified atom stereocenters. The Morgan fingerprint density at radius 2 is 2.07 bits per heavy atom. The number of hydrogen-bond acceptors (Lipinski definition) is 3. The molecule has 1 aromatic rings. The largest absolute Gasteiger partial charge is 0.496 e. The fourth-order valence-corrected chi connectivity index (χ4v) is 2.00. The van der Waals surface area contributed by atoms with E-state index < -0.39 is 0 Å². The molecule has 0 saturated carbocycles. The molecule has 1 aliphatic heterocycles.